The lowest BCUT2D eigenvalue weighted by Crippen LogP contribution is -2.21. The standard InChI is InChI=1S/C24H27FN4O.C2H2/c1-4-30-14-29-16(3)21-12-18(11-19(13-26)23(21)27)20-6-5-9-28-24(20)17-7-8-22(25)15(2)10-17;1-2/h5-13,24,26,28-29H,3-4,14,27H2,1-2H3;1-2H. The van der Waals surface area contributed by atoms with E-state index in [1.807, 2.05) is 43.5 Å². The summed E-state index contributed by atoms with van der Waals surface area (Å²) < 4.78 is 19.1. The van der Waals surface area contributed by atoms with Crippen LogP contribution in [0.5, 0.6) is 0 Å². The summed E-state index contributed by atoms with van der Waals surface area (Å²) in [5, 5.41) is 14.3. The van der Waals surface area contributed by atoms with Crippen LogP contribution in [0.4, 0.5) is 10.1 Å². The zero-order valence-electron chi connectivity index (χ0n) is 18.4. The first-order chi connectivity index (χ1) is 15.5. The highest BCUT2D eigenvalue weighted by Gasteiger charge is 2.21. The van der Waals surface area contributed by atoms with Crippen LogP contribution < -0.4 is 16.4 Å². The summed E-state index contributed by atoms with van der Waals surface area (Å²) in [6, 6.07) is 8.80. The molecular formula is C26H29FN4O. The molecule has 5 N–H and O–H groups in total. The van der Waals surface area contributed by atoms with Crippen molar-refractivity contribution in [3.63, 3.8) is 0 Å². The number of nitrogen functional groups attached to an aromatic ring is 1. The van der Waals surface area contributed by atoms with Gasteiger partial charge in [-0.25, -0.2) is 4.39 Å². The number of hydrogen-bond acceptors (Lipinski definition) is 5. The fourth-order valence-electron chi connectivity index (χ4n) is 3.42. The fourth-order valence-corrected chi connectivity index (χ4v) is 3.42. The summed E-state index contributed by atoms with van der Waals surface area (Å²) in [5.74, 6) is -0.229. The Kier molecular flexibility index (Phi) is 8.82. The van der Waals surface area contributed by atoms with Crippen molar-refractivity contribution in [2.24, 2.45) is 0 Å². The van der Waals surface area contributed by atoms with Crippen LogP contribution in [0.25, 0.3) is 11.3 Å². The molecule has 1 aliphatic heterocycles. The molecule has 0 aromatic heterocycles. The molecule has 2 aromatic carbocycles. The van der Waals surface area contributed by atoms with E-state index in [9.17, 15) is 4.39 Å². The van der Waals surface area contributed by atoms with Crippen molar-refractivity contribution in [1.29, 1.82) is 5.41 Å². The molecule has 0 spiro atoms. The normalized spacial score (nSPS) is 14.4. The summed E-state index contributed by atoms with van der Waals surface area (Å²) in [5.41, 5.74) is 12.2. The van der Waals surface area contributed by atoms with Gasteiger partial charge in [-0.3, -0.25) is 0 Å². The second kappa shape index (κ2) is 11.5. The molecule has 0 radical (unpaired) electrons. The van der Waals surface area contributed by atoms with Crippen molar-refractivity contribution < 1.29 is 9.13 Å². The Morgan fingerprint density at radius 2 is 2.09 bits per heavy atom. The number of hydrogen-bond donors (Lipinski definition) is 4. The minimum atomic E-state index is -0.229. The monoisotopic (exact) mass is 432 g/mol. The average molecular weight is 433 g/mol. The maximum atomic E-state index is 13.8. The topological polar surface area (TPSA) is 83.2 Å². The van der Waals surface area contributed by atoms with Gasteiger partial charge in [-0.1, -0.05) is 24.8 Å². The van der Waals surface area contributed by atoms with E-state index in [1.165, 1.54) is 12.3 Å². The van der Waals surface area contributed by atoms with E-state index in [0.29, 0.717) is 35.8 Å². The zero-order valence-corrected chi connectivity index (χ0v) is 18.4. The Morgan fingerprint density at radius 3 is 2.75 bits per heavy atom. The van der Waals surface area contributed by atoms with Gasteiger partial charge in [0.15, 0.2) is 0 Å². The van der Waals surface area contributed by atoms with Crippen LogP contribution in [-0.4, -0.2) is 19.6 Å². The highest BCUT2D eigenvalue weighted by molar-refractivity contribution is 5.93. The molecule has 0 amide bonds. The van der Waals surface area contributed by atoms with Gasteiger partial charge in [-0.15, -0.1) is 12.8 Å². The van der Waals surface area contributed by atoms with E-state index in [0.717, 1.165) is 22.3 Å². The van der Waals surface area contributed by atoms with Crippen molar-refractivity contribution in [2.75, 3.05) is 19.1 Å². The predicted molar refractivity (Wildman–Crippen MR) is 131 cm³/mol. The minimum absolute atomic E-state index is 0.158. The Balaban J connectivity index is 0.00000176. The highest BCUT2D eigenvalue weighted by Crippen LogP contribution is 2.36. The van der Waals surface area contributed by atoms with E-state index in [4.69, 9.17) is 15.9 Å². The van der Waals surface area contributed by atoms with Crippen LogP contribution in [0.1, 0.15) is 40.8 Å². The molecule has 1 unspecified atom stereocenters. The van der Waals surface area contributed by atoms with Crippen molar-refractivity contribution in [1.82, 2.24) is 10.6 Å². The minimum Gasteiger partial charge on any atom is -0.398 e. The van der Waals surface area contributed by atoms with Crippen LogP contribution in [0, 0.1) is 31.0 Å². The summed E-state index contributed by atoms with van der Waals surface area (Å²) in [6.45, 7) is 8.66. The fraction of sp³-hybridized carbons (Fsp3) is 0.192. The quantitative estimate of drug-likeness (QED) is 0.159. The van der Waals surface area contributed by atoms with Crippen molar-refractivity contribution in [3.8, 4) is 12.8 Å². The molecule has 0 fully saturated rings. The Bertz CT molecular complexity index is 1070. The third-order valence-corrected chi connectivity index (χ3v) is 5.08. The first-order valence-electron chi connectivity index (χ1n) is 10.1. The summed E-state index contributed by atoms with van der Waals surface area (Å²) in [4.78, 5) is 0. The van der Waals surface area contributed by atoms with Gasteiger partial charge in [0.25, 0.3) is 0 Å². The first-order valence-corrected chi connectivity index (χ1v) is 10.1. The number of ether oxygens (including phenoxy) is 1. The maximum Gasteiger partial charge on any atom is 0.126 e. The molecule has 1 atom stereocenters. The Hall–Kier alpha value is -3.82. The number of benzene rings is 2. The van der Waals surface area contributed by atoms with E-state index >= 15 is 0 Å². The second-order valence-corrected chi connectivity index (χ2v) is 7.05. The lowest BCUT2D eigenvalue weighted by molar-refractivity contribution is 0.140. The molecule has 0 bridgehead atoms. The van der Waals surface area contributed by atoms with Gasteiger partial charge in [0.2, 0.25) is 0 Å². The van der Waals surface area contributed by atoms with Gasteiger partial charge in [0, 0.05) is 35.3 Å². The lowest BCUT2D eigenvalue weighted by atomic mass is 9.88. The second-order valence-electron chi connectivity index (χ2n) is 7.05. The molecule has 166 valence electrons. The largest absolute Gasteiger partial charge is 0.398 e. The molecule has 6 heteroatoms. The Morgan fingerprint density at radius 1 is 1.34 bits per heavy atom. The van der Waals surface area contributed by atoms with Gasteiger partial charge in [0.1, 0.15) is 12.5 Å². The molecule has 0 saturated carbocycles. The molecule has 0 aliphatic carbocycles. The van der Waals surface area contributed by atoms with Gasteiger partial charge < -0.3 is 26.5 Å². The van der Waals surface area contributed by atoms with Gasteiger partial charge in [-0.05, 0) is 66.6 Å². The van der Waals surface area contributed by atoms with Crippen LogP contribution in [0.2, 0.25) is 0 Å². The van der Waals surface area contributed by atoms with Gasteiger partial charge in [0.05, 0.1) is 6.04 Å². The zero-order chi connectivity index (χ0) is 23.7. The summed E-state index contributed by atoms with van der Waals surface area (Å²) in [6.07, 6.45) is 15.0. The number of allylic oxidation sites excluding steroid dienone is 2. The van der Waals surface area contributed by atoms with E-state index in [-0.39, 0.29) is 11.9 Å². The number of rotatable bonds is 8. The van der Waals surface area contributed by atoms with Crippen molar-refractivity contribution in [3.05, 3.63) is 88.9 Å². The molecule has 2 aromatic rings. The SMILES string of the molecule is C#C.C=C(NCOCC)c1cc(C2=CC=CNC2c2ccc(F)c(C)c2)cc(C=N)c1N. The number of dihydropyridines is 1. The molecular weight excluding hydrogens is 403 g/mol. The van der Waals surface area contributed by atoms with E-state index in [2.05, 4.69) is 30.1 Å². The van der Waals surface area contributed by atoms with E-state index < -0.39 is 0 Å². The predicted octanol–water partition coefficient (Wildman–Crippen LogP) is 4.76. The Labute approximate surface area is 189 Å². The smallest absolute Gasteiger partial charge is 0.126 e. The number of terminal acetylenes is 1. The molecule has 3 rings (SSSR count). The van der Waals surface area contributed by atoms with Gasteiger partial charge >= 0.3 is 0 Å². The van der Waals surface area contributed by atoms with Crippen molar-refractivity contribution in [2.45, 2.75) is 19.9 Å². The van der Waals surface area contributed by atoms with Crippen LogP contribution in [0.3, 0.4) is 0 Å². The van der Waals surface area contributed by atoms with Crippen LogP contribution in [0.15, 0.2) is 55.3 Å². The number of nitrogens with one attached hydrogen (secondary N) is 3. The maximum absolute atomic E-state index is 13.8. The number of aryl methyl sites for hydroxylation is 1. The summed E-state index contributed by atoms with van der Waals surface area (Å²) >= 11 is 0. The molecule has 1 aliphatic rings. The van der Waals surface area contributed by atoms with E-state index in [1.54, 1.807) is 13.0 Å². The number of halogens is 1. The molecule has 0 saturated heterocycles. The molecule has 5 nitrogen and oxygen atoms in total. The molecule has 32 heavy (non-hydrogen) atoms. The third kappa shape index (κ3) is 5.45. The summed E-state index contributed by atoms with van der Waals surface area (Å²) in [7, 11) is 0. The van der Waals surface area contributed by atoms with Gasteiger partial charge in [-0.2, -0.15) is 0 Å². The lowest BCUT2D eigenvalue weighted by Gasteiger charge is -2.26. The third-order valence-electron chi connectivity index (χ3n) is 5.08. The highest BCUT2D eigenvalue weighted by atomic mass is 19.1. The number of anilines is 1. The molecule has 1 heterocycles. The first kappa shape index (κ1) is 24.4. The van der Waals surface area contributed by atoms with Crippen LogP contribution >= 0.6 is 0 Å². The number of nitrogens with two attached hydrogens (primary N) is 1. The van der Waals surface area contributed by atoms with Crippen molar-refractivity contribution >= 4 is 23.2 Å². The average Bonchev–Trinajstić information content (AvgIpc) is 2.82. The van der Waals surface area contributed by atoms with Crippen LogP contribution in [-0.2, 0) is 4.74 Å².